The van der Waals surface area contributed by atoms with E-state index in [9.17, 15) is 0 Å². The van der Waals surface area contributed by atoms with Gasteiger partial charge in [-0.1, -0.05) is 20.3 Å². The Hall–Kier alpha value is -0.0800. The van der Waals surface area contributed by atoms with Gasteiger partial charge in [0.1, 0.15) is 0 Å². The van der Waals surface area contributed by atoms with Gasteiger partial charge in [0.2, 0.25) is 0 Å². The average Bonchev–Trinajstić information content (AvgIpc) is 2.11. The normalized spacial score (nSPS) is 11.1. The zero-order valence-corrected chi connectivity index (χ0v) is 9.31. The SMILES string of the molecule is [CH2]CCN(C)CCCNCCCC. The van der Waals surface area contributed by atoms with Gasteiger partial charge >= 0.3 is 0 Å². The summed E-state index contributed by atoms with van der Waals surface area (Å²) in [6, 6.07) is 0. The number of nitrogens with one attached hydrogen (secondary N) is 1. The van der Waals surface area contributed by atoms with Gasteiger partial charge < -0.3 is 10.2 Å². The van der Waals surface area contributed by atoms with Gasteiger partial charge in [-0.25, -0.2) is 0 Å². The molecule has 0 bridgehead atoms. The Balaban J connectivity index is 2.97. The summed E-state index contributed by atoms with van der Waals surface area (Å²) in [6.07, 6.45) is 4.85. The van der Waals surface area contributed by atoms with Crippen molar-refractivity contribution in [3.63, 3.8) is 0 Å². The summed E-state index contributed by atoms with van der Waals surface area (Å²) in [4.78, 5) is 2.34. The monoisotopic (exact) mass is 185 g/mol. The molecule has 0 amide bonds. The molecule has 0 aliphatic carbocycles. The molecule has 0 rings (SSSR count). The van der Waals surface area contributed by atoms with Crippen molar-refractivity contribution in [1.29, 1.82) is 0 Å². The van der Waals surface area contributed by atoms with Crippen molar-refractivity contribution >= 4 is 0 Å². The summed E-state index contributed by atoms with van der Waals surface area (Å²) < 4.78 is 0. The Morgan fingerprint density at radius 2 is 1.85 bits per heavy atom. The zero-order chi connectivity index (χ0) is 9.94. The maximum absolute atomic E-state index is 3.84. The van der Waals surface area contributed by atoms with Crippen LogP contribution >= 0.6 is 0 Å². The molecule has 0 unspecified atom stereocenters. The first-order valence-corrected chi connectivity index (χ1v) is 5.49. The fourth-order valence-corrected chi connectivity index (χ4v) is 1.28. The minimum absolute atomic E-state index is 1.01. The molecule has 2 nitrogen and oxygen atoms in total. The van der Waals surface area contributed by atoms with Gasteiger partial charge in [0.05, 0.1) is 0 Å². The van der Waals surface area contributed by atoms with E-state index in [1.165, 1.54) is 32.4 Å². The molecular weight excluding hydrogens is 160 g/mol. The molecule has 1 N–H and O–H groups in total. The van der Waals surface area contributed by atoms with Crippen LogP contribution in [0.25, 0.3) is 0 Å². The van der Waals surface area contributed by atoms with Crippen molar-refractivity contribution in [3.8, 4) is 0 Å². The summed E-state index contributed by atoms with van der Waals surface area (Å²) >= 11 is 0. The molecule has 0 atom stereocenters. The van der Waals surface area contributed by atoms with Crippen LogP contribution in [-0.2, 0) is 0 Å². The summed E-state index contributed by atoms with van der Waals surface area (Å²) in [6.45, 7) is 10.7. The Bertz CT molecular complexity index is 94.1. The molecule has 0 aromatic rings. The van der Waals surface area contributed by atoms with Crippen LogP contribution in [0.5, 0.6) is 0 Å². The predicted octanol–water partition coefficient (Wildman–Crippen LogP) is 1.92. The molecule has 0 aliphatic heterocycles. The second-order valence-corrected chi connectivity index (χ2v) is 3.61. The second-order valence-electron chi connectivity index (χ2n) is 3.61. The molecule has 0 saturated heterocycles. The van der Waals surface area contributed by atoms with Crippen LogP contribution in [-0.4, -0.2) is 38.1 Å². The van der Waals surface area contributed by atoms with E-state index in [1.54, 1.807) is 0 Å². The number of hydrogen-bond donors (Lipinski definition) is 1. The molecule has 0 saturated carbocycles. The van der Waals surface area contributed by atoms with Gasteiger partial charge in [0, 0.05) is 0 Å². The van der Waals surface area contributed by atoms with Gasteiger partial charge in [-0.05, 0) is 52.5 Å². The highest BCUT2D eigenvalue weighted by Gasteiger charge is 1.94. The van der Waals surface area contributed by atoms with E-state index in [4.69, 9.17) is 0 Å². The highest BCUT2D eigenvalue weighted by molar-refractivity contribution is 4.55. The van der Waals surface area contributed by atoms with Gasteiger partial charge in [0.15, 0.2) is 0 Å². The van der Waals surface area contributed by atoms with Crippen molar-refractivity contribution in [3.05, 3.63) is 6.92 Å². The molecule has 0 aromatic heterocycles. The van der Waals surface area contributed by atoms with E-state index >= 15 is 0 Å². The van der Waals surface area contributed by atoms with Gasteiger partial charge in [-0.2, -0.15) is 0 Å². The van der Waals surface area contributed by atoms with E-state index in [1.807, 2.05) is 0 Å². The van der Waals surface area contributed by atoms with Gasteiger partial charge in [-0.3, -0.25) is 0 Å². The highest BCUT2D eigenvalue weighted by atomic mass is 15.1. The van der Waals surface area contributed by atoms with Crippen LogP contribution in [0.4, 0.5) is 0 Å². The third kappa shape index (κ3) is 9.84. The first kappa shape index (κ1) is 12.9. The predicted molar refractivity (Wildman–Crippen MR) is 59.9 cm³/mol. The lowest BCUT2D eigenvalue weighted by Gasteiger charge is -2.15. The fourth-order valence-electron chi connectivity index (χ4n) is 1.28. The molecule has 0 aromatic carbocycles. The van der Waals surface area contributed by atoms with Crippen molar-refractivity contribution in [1.82, 2.24) is 10.2 Å². The molecule has 79 valence electrons. The van der Waals surface area contributed by atoms with Crippen LogP contribution in [0, 0.1) is 6.92 Å². The molecule has 2 heteroatoms. The third-order valence-electron chi connectivity index (χ3n) is 2.14. The van der Waals surface area contributed by atoms with Crippen molar-refractivity contribution in [2.75, 3.05) is 33.2 Å². The largest absolute Gasteiger partial charge is 0.317 e. The van der Waals surface area contributed by atoms with Crippen molar-refractivity contribution in [2.24, 2.45) is 0 Å². The standard InChI is InChI=1S/C11H25N2/c1-4-6-8-12-9-7-11-13(3)10-5-2/h12H,2,4-11H2,1,3H3. The maximum atomic E-state index is 3.84. The third-order valence-corrected chi connectivity index (χ3v) is 2.14. The molecule has 0 spiro atoms. The summed E-state index contributed by atoms with van der Waals surface area (Å²) in [7, 11) is 2.16. The van der Waals surface area contributed by atoms with E-state index in [-0.39, 0.29) is 0 Å². The maximum Gasteiger partial charge on any atom is -0.000969 e. The zero-order valence-electron chi connectivity index (χ0n) is 9.31. The van der Waals surface area contributed by atoms with Gasteiger partial charge in [0.25, 0.3) is 0 Å². The Labute approximate surface area is 83.7 Å². The van der Waals surface area contributed by atoms with E-state index in [2.05, 4.69) is 31.1 Å². The minimum Gasteiger partial charge on any atom is -0.317 e. The van der Waals surface area contributed by atoms with Crippen LogP contribution in [0.3, 0.4) is 0 Å². The number of nitrogens with zero attached hydrogens (tertiary/aromatic N) is 1. The van der Waals surface area contributed by atoms with Crippen LogP contribution in [0.1, 0.15) is 32.6 Å². The van der Waals surface area contributed by atoms with Crippen LogP contribution < -0.4 is 5.32 Å². The molecule has 0 heterocycles. The second kappa shape index (κ2) is 10.0. The highest BCUT2D eigenvalue weighted by Crippen LogP contribution is 1.89. The van der Waals surface area contributed by atoms with Crippen molar-refractivity contribution < 1.29 is 0 Å². The Morgan fingerprint density at radius 3 is 2.46 bits per heavy atom. The molecule has 0 fully saturated rings. The molecule has 13 heavy (non-hydrogen) atoms. The lowest BCUT2D eigenvalue weighted by molar-refractivity contribution is 0.332. The summed E-state index contributed by atoms with van der Waals surface area (Å²) in [5.41, 5.74) is 0. The first-order valence-electron chi connectivity index (χ1n) is 5.49. The number of hydrogen-bond acceptors (Lipinski definition) is 2. The quantitative estimate of drug-likeness (QED) is 0.552. The van der Waals surface area contributed by atoms with E-state index in [0.29, 0.717) is 0 Å². The fraction of sp³-hybridized carbons (Fsp3) is 0.909. The molecule has 1 radical (unpaired) electrons. The average molecular weight is 185 g/mol. The van der Waals surface area contributed by atoms with Crippen LogP contribution in [0.15, 0.2) is 0 Å². The van der Waals surface area contributed by atoms with Crippen molar-refractivity contribution in [2.45, 2.75) is 32.6 Å². The first-order chi connectivity index (χ1) is 6.31. The Morgan fingerprint density at radius 1 is 1.15 bits per heavy atom. The number of unbranched alkanes of at least 4 members (excludes halogenated alkanes) is 1. The van der Waals surface area contributed by atoms with Gasteiger partial charge in [-0.15, -0.1) is 0 Å². The Kier molecular flexibility index (Phi) is 9.94. The lowest BCUT2D eigenvalue weighted by atomic mass is 10.3. The molecular formula is C11H25N2. The minimum atomic E-state index is 1.01. The van der Waals surface area contributed by atoms with E-state index in [0.717, 1.165) is 19.5 Å². The lowest BCUT2D eigenvalue weighted by Crippen LogP contribution is -2.25. The summed E-state index contributed by atoms with van der Waals surface area (Å²) in [5.74, 6) is 0. The summed E-state index contributed by atoms with van der Waals surface area (Å²) in [5, 5.41) is 3.44. The van der Waals surface area contributed by atoms with E-state index < -0.39 is 0 Å². The number of rotatable bonds is 9. The topological polar surface area (TPSA) is 15.3 Å². The van der Waals surface area contributed by atoms with Crippen LogP contribution in [0.2, 0.25) is 0 Å². The smallest absolute Gasteiger partial charge is 0.000969 e. The molecule has 0 aliphatic rings.